The minimum absolute atomic E-state index is 0.434. The SMILES string of the molecule is Nc1cc(N2C3CCC2COC3)c2ncc(Br)cc2n1. The second-order valence-electron chi connectivity index (χ2n) is 5.42. The van der Waals surface area contributed by atoms with E-state index in [2.05, 4.69) is 30.8 Å². The molecule has 2 N–H and O–H groups in total. The number of nitrogen functional groups attached to an aromatic ring is 1. The number of halogens is 1. The highest BCUT2D eigenvalue weighted by atomic mass is 79.9. The Morgan fingerprint density at radius 2 is 2.00 bits per heavy atom. The maximum atomic E-state index is 5.98. The normalized spacial score (nSPS) is 25.4. The van der Waals surface area contributed by atoms with Gasteiger partial charge in [-0.15, -0.1) is 0 Å². The van der Waals surface area contributed by atoms with Crippen LogP contribution in [0.2, 0.25) is 0 Å². The number of nitrogens with two attached hydrogens (primary N) is 1. The predicted octanol–water partition coefficient (Wildman–Crippen LogP) is 2.34. The maximum absolute atomic E-state index is 5.98. The first-order chi connectivity index (χ1) is 9.72. The zero-order valence-electron chi connectivity index (χ0n) is 10.9. The summed E-state index contributed by atoms with van der Waals surface area (Å²) in [6.45, 7) is 1.58. The van der Waals surface area contributed by atoms with E-state index in [9.17, 15) is 0 Å². The van der Waals surface area contributed by atoms with Crippen molar-refractivity contribution < 1.29 is 4.74 Å². The van der Waals surface area contributed by atoms with Crippen molar-refractivity contribution in [3.05, 3.63) is 22.8 Å². The van der Waals surface area contributed by atoms with Crippen LogP contribution in [0.1, 0.15) is 12.8 Å². The molecule has 2 bridgehead atoms. The van der Waals surface area contributed by atoms with E-state index in [1.54, 1.807) is 0 Å². The topological polar surface area (TPSA) is 64.3 Å². The van der Waals surface area contributed by atoms with Gasteiger partial charge in [-0.05, 0) is 34.8 Å². The molecule has 0 saturated carbocycles. The number of aromatic nitrogens is 2. The highest BCUT2D eigenvalue weighted by Crippen LogP contribution is 2.37. The molecule has 0 radical (unpaired) electrons. The third-order valence-corrected chi connectivity index (χ3v) is 4.56. The summed E-state index contributed by atoms with van der Waals surface area (Å²) in [6.07, 6.45) is 4.15. The van der Waals surface area contributed by atoms with Gasteiger partial charge in [0.15, 0.2) is 0 Å². The lowest BCUT2D eigenvalue weighted by Crippen LogP contribution is -2.46. The molecule has 0 aliphatic carbocycles. The Balaban J connectivity index is 1.91. The van der Waals surface area contributed by atoms with Gasteiger partial charge in [0.05, 0.1) is 36.5 Å². The molecule has 0 amide bonds. The van der Waals surface area contributed by atoms with Crippen LogP contribution in [0.15, 0.2) is 22.8 Å². The molecule has 2 aromatic rings. The molecule has 2 aliphatic heterocycles. The highest BCUT2D eigenvalue weighted by molar-refractivity contribution is 9.10. The van der Waals surface area contributed by atoms with Crippen LogP contribution < -0.4 is 10.6 Å². The predicted molar refractivity (Wildman–Crippen MR) is 81.8 cm³/mol. The first-order valence-corrected chi connectivity index (χ1v) is 7.59. The van der Waals surface area contributed by atoms with E-state index >= 15 is 0 Å². The van der Waals surface area contributed by atoms with Crippen molar-refractivity contribution in [3.63, 3.8) is 0 Å². The standard InChI is InChI=1S/C14H15BrN4O/c15-8-3-11-14(17-5-8)12(4-13(16)18-11)19-9-1-2-10(19)7-20-6-9/h3-5,9-10H,1-2,6-7H2,(H2,16,18). The van der Waals surface area contributed by atoms with Crippen LogP contribution in [-0.2, 0) is 4.74 Å². The Morgan fingerprint density at radius 3 is 2.75 bits per heavy atom. The van der Waals surface area contributed by atoms with E-state index in [0.29, 0.717) is 17.9 Å². The molecule has 6 heteroatoms. The lowest BCUT2D eigenvalue weighted by atomic mass is 10.2. The highest BCUT2D eigenvalue weighted by Gasteiger charge is 2.38. The van der Waals surface area contributed by atoms with Gasteiger partial charge in [0.25, 0.3) is 0 Å². The van der Waals surface area contributed by atoms with Gasteiger partial charge in [0, 0.05) is 16.7 Å². The minimum Gasteiger partial charge on any atom is -0.384 e. The van der Waals surface area contributed by atoms with E-state index in [-0.39, 0.29) is 0 Å². The van der Waals surface area contributed by atoms with Crippen molar-refractivity contribution >= 4 is 38.5 Å². The quantitative estimate of drug-likeness (QED) is 0.867. The fraction of sp³-hybridized carbons (Fsp3) is 0.429. The van der Waals surface area contributed by atoms with Crippen molar-refractivity contribution in [2.75, 3.05) is 23.8 Å². The van der Waals surface area contributed by atoms with Gasteiger partial charge in [0.2, 0.25) is 0 Å². The van der Waals surface area contributed by atoms with Crippen LogP contribution in [-0.4, -0.2) is 35.3 Å². The molecule has 4 rings (SSSR count). The summed E-state index contributed by atoms with van der Waals surface area (Å²) < 4.78 is 6.57. The van der Waals surface area contributed by atoms with Crippen molar-refractivity contribution in [1.82, 2.24) is 9.97 Å². The van der Waals surface area contributed by atoms with Gasteiger partial charge in [-0.25, -0.2) is 4.98 Å². The van der Waals surface area contributed by atoms with Crippen LogP contribution in [0.25, 0.3) is 11.0 Å². The third kappa shape index (κ3) is 1.86. The molecule has 4 heterocycles. The first-order valence-electron chi connectivity index (χ1n) is 6.80. The Bertz CT molecular complexity index is 656. The van der Waals surface area contributed by atoms with Gasteiger partial charge in [-0.3, -0.25) is 4.98 Å². The zero-order chi connectivity index (χ0) is 13.7. The van der Waals surface area contributed by atoms with E-state index in [4.69, 9.17) is 10.5 Å². The Morgan fingerprint density at radius 1 is 1.25 bits per heavy atom. The molecule has 2 aromatic heterocycles. The number of ether oxygens (including phenoxy) is 1. The molecule has 20 heavy (non-hydrogen) atoms. The minimum atomic E-state index is 0.434. The number of morpholine rings is 1. The van der Waals surface area contributed by atoms with Crippen molar-refractivity contribution in [2.24, 2.45) is 0 Å². The van der Waals surface area contributed by atoms with Crippen molar-refractivity contribution in [1.29, 1.82) is 0 Å². The largest absolute Gasteiger partial charge is 0.384 e. The fourth-order valence-electron chi connectivity index (χ4n) is 3.31. The monoisotopic (exact) mass is 334 g/mol. The summed E-state index contributed by atoms with van der Waals surface area (Å²) in [5.74, 6) is 0.540. The van der Waals surface area contributed by atoms with Crippen LogP contribution in [0.4, 0.5) is 11.5 Å². The lowest BCUT2D eigenvalue weighted by molar-refractivity contribution is 0.0908. The van der Waals surface area contributed by atoms with E-state index in [1.165, 1.54) is 12.8 Å². The van der Waals surface area contributed by atoms with Crippen LogP contribution >= 0.6 is 15.9 Å². The number of hydrogen-bond acceptors (Lipinski definition) is 5. The fourth-order valence-corrected chi connectivity index (χ4v) is 3.63. The summed E-state index contributed by atoms with van der Waals surface area (Å²) in [6, 6.07) is 4.78. The summed E-state index contributed by atoms with van der Waals surface area (Å²) in [7, 11) is 0. The second kappa shape index (κ2) is 4.56. The van der Waals surface area contributed by atoms with Gasteiger partial charge in [-0.1, -0.05) is 0 Å². The van der Waals surface area contributed by atoms with Crippen molar-refractivity contribution in [3.8, 4) is 0 Å². The summed E-state index contributed by atoms with van der Waals surface area (Å²) in [5.41, 5.74) is 8.83. The van der Waals surface area contributed by atoms with E-state index in [1.807, 2.05) is 18.3 Å². The number of pyridine rings is 2. The molecular formula is C14H15BrN4O. The summed E-state index contributed by atoms with van der Waals surface area (Å²) >= 11 is 3.44. The smallest absolute Gasteiger partial charge is 0.126 e. The molecule has 5 nitrogen and oxygen atoms in total. The number of anilines is 2. The second-order valence-corrected chi connectivity index (χ2v) is 6.33. The Labute approximate surface area is 125 Å². The summed E-state index contributed by atoms with van der Waals surface area (Å²) in [4.78, 5) is 11.4. The molecule has 0 spiro atoms. The van der Waals surface area contributed by atoms with Gasteiger partial charge in [-0.2, -0.15) is 0 Å². The first kappa shape index (κ1) is 12.3. The zero-order valence-corrected chi connectivity index (χ0v) is 12.5. The molecule has 2 fully saturated rings. The van der Waals surface area contributed by atoms with Gasteiger partial charge < -0.3 is 15.4 Å². The van der Waals surface area contributed by atoms with E-state index in [0.717, 1.165) is 34.4 Å². The number of hydrogen-bond donors (Lipinski definition) is 1. The molecular weight excluding hydrogens is 320 g/mol. The molecule has 2 unspecified atom stereocenters. The van der Waals surface area contributed by atoms with Crippen LogP contribution in [0.3, 0.4) is 0 Å². The van der Waals surface area contributed by atoms with Crippen LogP contribution in [0.5, 0.6) is 0 Å². The average Bonchev–Trinajstić information content (AvgIpc) is 2.66. The maximum Gasteiger partial charge on any atom is 0.126 e. The van der Waals surface area contributed by atoms with E-state index < -0.39 is 0 Å². The Hall–Kier alpha value is -1.40. The number of rotatable bonds is 1. The molecule has 2 saturated heterocycles. The molecule has 2 aliphatic rings. The average molecular weight is 335 g/mol. The molecule has 104 valence electrons. The number of nitrogens with zero attached hydrogens (tertiary/aromatic N) is 3. The third-order valence-electron chi connectivity index (χ3n) is 4.13. The number of fused-ring (bicyclic) bond motifs is 3. The summed E-state index contributed by atoms with van der Waals surface area (Å²) in [5, 5.41) is 0. The van der Waals surface area contributed by atoms with Crippen molar-refractivity contribution in [2.45, 2.75) is 24.9 Å². The molecule has 2 atom stereocenters. The molecule has 0 aromatic carbocycles. The Kier molecular flexibility index (Phi) is 2.82. The van der Waals surface area contributed by atoms with Gasteiger partial charge in [0.1, 0.15) is 11.3 Å². The lowest BCUT2D eigenvalue weighted by Gasteiger charge is -2.36. The van der Waals surface area contributed by atoms with Gasteiger partial charge >= 0.3 is 0 Å². The van der Waals surface area contributed by atoms with Crippen LogP contribution in [0, 0.1) is 0 Å².